The molecule has 0 atom stereocenters. The molecule has 0 bridgehead atoms. The van der Waals surface area contributed by atoms with Gasteiger partial charge in [0.05, 0.1) is 18.0 Å². The van der Waals surface area contributed by atoms with E-state index in [2.05, 4.69) is 58.0 Å². The average Bonchev–Trinajstić information content (AvgIpc) is 3.31. The van der Waals surface area contributed by atoms with Crippen molar-refractivity contribution in [3.8, 4) is 11.1 Å². The summed E-state index contributed by atoms with van der Waals surface area (Å²) >= 11 is 0. The Morgan fingerprint density at radius 2 is 1.80 bits per heavy atom. The van der Waals surface area contributed by atoms with Gasteiger partial charge in [-0.15, -0.1) is 0 Å². The van der Waals surface area contributed by atoms with Crippen molar-refractivity contribution in [2.45, 2.75) is 38.3 Å². The van der Waals surface area contributed by atoms with Crippen molar-refractivity contribution in [2.75, 3.05) is 30.0 Å². The molecule has 1 aliphatic heterocycles. The molecule has 0 amide bonds. The van der Waals surface area contributed by atoms with E-state index in [0.717, 1.165) is 19.8 Å². The van der Waals surface area contributed by atoms with Crippen LogP contribution < -0.4 is 21.3 Å². The maximum Gasteiger partial charge on any atom is 0.0880 e. The van der Waals surface area contributed by atoms with Crippen LogP contribution in [-0.4, -0.2) is 25.8 Å². The van der Waals surface area contributed by atoms with Gasteiger partial charge in [-0.3, -0.25) is 0 Å². The second-order valence-corrected chi connectivity index (χ2v) is 7.14. The van der Waals surface area contributed by atoms with Gasteiger partial charge in [-0.25, -0.2) is 0 Å². The summed E-state index contributed by atoms with van der Waals surface area (Å²) in [4.78, 5) is 2.57. The van der Waals surface area contributed by atoms with E-state index in [1.54, 1.807) is 0 Å². The molecule has 0 aromatic heterocycles. The van der Waals surface area contributed by atoms with Crippen LogP contribution in [0.3, 0.4) is 0 Å². The minimum absolute atomic E-state index is 0.679. The van der Waals surface area contributed by atoms with Crippen LogP contribution in [0.4, 0.5) is 11.4 Å². The lowest BCUT2D eigenvalue weighted by Gasteiger charge is -2.25. The zero-order valence-electron chi connectivity index (χ0n) is 14.8. The summed E-state index contributed by atoms with van der Waals surface area (Å²) < 4.78 is 0. The van der Waals surface area contributed by atoms with Crippen molar-refractivity contribution in [3.05, 3.63) is 48.0 Å². The molecule has 4 nitrogen and oxygen atoms in total. The first-order valence-electron chi connectivity index (χ1n) is 9.50. The van der Waals surface area contributed by atoms with Gasteiger partial charge in [-0.05, 0) is 41.7 Å². The highest BCUT2D eigenvalue weighted by molar-refractivity contribution is 5.81. The lowest BCUT2D eigenvalue weighted by molar-refractivity contribution is 0.635. The van der Waals surface area contributed by atoms with Crippen LogP contribution in [0.5, 0.6) is 0 Å². The van der Waals surface area contributed by atoms with E-state index in [-0.39, 0.29) is 0 Å². The van der Waals surface area contributed by atoms with E-state index >= 15 is 0 Å². The summed E-state index contributed by atoms with van der Waals surface area (Å²) in [6.07, 6.45) is 5.40. The van der Waals surface area contributed by atoms with Gasteiger partial charge in [0.1, 0.15) is 0 Å². The number of hydrogen-bond donors (Lipinski definition) is 3. The molecular weight excluding hydrogens is 308 g/mol. The third kappa shape index (κ3) is 3.51. The summed E-state index contributed by atoms with van der Waals surface area (Å²) in [6.45, 7) is 3.37. The summed E-state index contributed by atoms with van der Waals surface area (Å²) in [7, 11) is 0. The molecule has 0 spiro atoms. The fraction of sp³-hybridized carbons (Fsp3) is 0.429. The molecular formula is C21H28N4. The van der Waals surface area contributed by atoms with Gasteiger partial charge in [-0.1, -0.05) is 43.2 Å². The Morgan fingerprint density at radius 1 is 1.04 bits per heavy atom. The highest BCUT2D eigenvalue weighted by Crippen LogP contribution is 2.39. The van der Waals surface area contributed by atoms with E-state index in [9.17, 15) is 0 Å². The molecule has 4 heteroatoms. The van der Waals surface area contributed by atoms with Crippen LogP contribution in [0.25, 0.3) is 11.1 Å². The van der Waals surface area contributed by atoms with Gasteiger partial charge >= 0.3 is 0 Å². The molecule has 0 radical (unpaired) electrons. The Labute approximate surface area is 150 Å². The molecule has 4 rings (SSSR count). The monoisotopic (exact) mass is 336 g/mol. The van der Waals surface area contributed by atoms with Crippen LogP contribution >= 0.6 is 0 Å². The predicted molar refractivity (Wildman–Crippen MR) is 106 cm³/mol. The van der Waals surface area contributed by atoms with Crippen LogP contribution in [0.1, 0.15) is 31.2 Å². The van der Waals surface area contributed by atoms with E-state index < -0.39 is 0 Å². The number of fused-ring (bicyclic) bond motifs is 1. The third-order valence-electron chi connectivity index (χ3n) is 5.45. The third-order valence-corrected chi connectivity index (χ3v) is 5.45. The molecule has 1 heterocycles. The molecule has 1 aliphatic carbocycles. The fourth-order valence-corrected chi connectivity index (χ4v) is 4.05. The van der Waals surface area contributed by atoms with Crippen molar-refractivity contribution >= 4 is 11.4 Å². The molecule has 4 N–H and O–H groups in total. The van der Waals surface area contributed by atoms with Crippen LogP contribution in [-0.2, 0) is 6.54 Å². The second kappa shape index (κ2) is 7.46. The van der Waals surface area contributed by atoms with Gasteiger partial charge in [-0.2, -0.15) is 0 Å². The van der Waals surface area contributed by atoms with Crippen molar-refractivity contribution in [2.24, 2.45) is 5.73 Å². The molecule has 1 saturated carbocycles. The normalized spacial score (nSPS) is 16.9. The SMILES string of the molecule is NCCNCc1ccc(-c2ccc3c(c2)N(C2CCCC2)CN3)cc1. The number of nitrogens with one attached hydrogen (secondary N) is 2. The Kier molecular flexibility index (Phi) is 4.90. The molecule has 2 aromatic rings. The Hall–Kier alpha value is -2.04. The minimum Gasteiger partial charge on any atom is -0.366 e. The van der Waals surface area contributed by atoms with E-state index in [1.807, 2.05) is 0 Å². The van der Waals surface area contributed by atoms with Crippen molar-refractivity contribution in [1.82, 2.24) is 5.32 Å². The number of nitrogens with two attached hydrogens (primary N) is 1. The topological polar surface area (TPSA) is 53.3 Å². The van der Waals surface area contributed by atoms with Crippen LogP contribution in [0.15, 0.2) is 42.5 Å². The fourth-order valence-electron chi connectivity index (χ4n) is 4.05. The molecule has 25 heavy (non-hydrogen) atoms. The van der Waals surface area contributed by atoms with Gasteiger partial charge in [0.25, 0.3) is 0 Å². The summed E-state index contributed by atoms with van der Waals surface area (Å²) in [5.41, 5.74) is 12.0. The van der Waals surface area contributed by atoms with Gasteiger partial charge in [0.15, 0.2) is 0 Å². The predicted octanol–water partition coefficient (Wildman–Crippen LogP) is 3.53. The van der Waals surface area contributed by atoms with Crippen molar-refractivity contribution in [1.29, 1.82) is 0 Å². The average molecular weight is 336 g/mol. The summed E-state index contributed by atoms with van der Waals surface area (Å²) in [5.74, 6) is 0. The van der Waals surface area contributed by atoms with E-state index in [1.165, 1.54) is 53.7 Å². The van der Waals surface area contributed by atoms with Gasteiger partial charge < -0.3 is 21.3 Å². The number of benzene rings is 2. The molecule has 2 aromatic carbocycles. The number of hydrogen-bond acceptors (Lipinski definition) is 4. The quantitative estimate of drug-likeness (QED) is 0.706. The highest BCUT2D eigenvalue weighted by atomic mass is 15.3. The molecule has 2 aliphatic rings. The number of nitrogens with zero attached hydrogens (tertiary/aromatic N) is 1. The standard InChI is InChI=1S/C21H28N4/c22-11-12-23-14-16-5-7-17(8-6-16)18-9-10-20-21(13-18)25(15-24-20)19-3-1-2-4-19/h5-10,13,19,23-24H,1-4,11-12,14-15,22H2. The minimum atomic E-state index is 0.679. The molecule has 0 saturated heterocycles. The van der Waals surface area contributed by atoms with Crippen LogP contribution in [0.2, 0.25) is 0 Å². The summed E-state index contributed by atoms with van der Waals surface area (Å²) in [6, 6.07) is 16.4. The summed E-state index contributed by atoms with van der Waals surface area (Å²) in [5, 5.41) is 6.89. The van der Waals surface area contributed by atoms with E-state index in [4.69, 9.17) is 5.73 Å². The van der Waals surface area contributed by atoms with Gasteiger partial charge in [0.2, 0.25) is 0 Å². The lowest BCUT2D eigenvalue weighted by atomic mass is 10.0. The smallest absolute Gasteiger partial charge is 0.0880 e. The lowest BCUT2D eigenvalue weighted by Crippen LogP contribution is -2.32. The largest absolute Gasteiger partial charge is 0.366 e. The first-order chi connectivity index (χ1) is 12.3. The van der Waals surface area contributed by atoms with Crippen molar-refractivity contribution < 1.29 is 0 Å². The molecule has 0 unspecified atom stereocenters. The maximum atomic E-state index is 5.52. The Morgan fingerprint density at radius 3 is 2.56 bits per heavy atom. The first kappa shape index (κ1) is 16.4. The Bertz CT molecular complexity index is 704. The van der Waals surface area contributed by atoms with Crippen molar-refractivity contribution in [3.63, 3.8) is 0 Å². The zero-order valence-corrected chi connectivity index (χ0v) is 14.8. The zero-order chi connectivity index (χ0) is 17.1. The van der Waals surface area contributed by atoms with Crippen LogP contribution in [0, 0.1) is 0 Å². The second-order valence-electron chi connectivity index (χ2n) is 7.14. The highest BCUT2D eigenvalue weighted by Gasteiger charge is 2.28. The molecule has 132 valence electrons. The van der Waals surface area contributed by atoms with E-state index in [0.29, 0.717) is 12.6 Å². The number of anilines is 2. The first-order valence-corrected chi connectivity index (χ1v) is 9.50. The Balaban J connectivity index is 1.52. The molecule has 1 fully saturated rings. The maximum absolute atomic E-state index is 5.52. The van der Waals surface area contributed by atoms with Gasteiger partial charge in [0, 0.05) is 25.7 Å². The number of rotatable bonds is 6.